The number of aromatic nitrogens is 2. The Hall–Kier alpha value is -3.29. The average Bonchev–Trinajstić information content (AvgIpc) is 2.76. The minimum atomic E-state index is -1.08. The van der Waals surface area contributed by atoms with Crippen molar-refractivity contribution in [3.05, 3.63) is 88.2 Å². The quantitative estimate of drug-likeness (QED) is 0.302. The van der Waals surface area contributed by atoms with Crippen molar-refractivity contribution in [1.82, 2.24) is 9.97 Å². The van der Waals surface area contributed by atoms with Gasteiger partial charge in [-0.05, 0) is 48.0 Å². The van der Waals surface area contributed by atoms with Crippen LogP contribution >= 0.6 is 23.2 Å². The molecule has 0 saturated heterocycles. The van der Waals surface area contributed by atoms with Gasteiger partial charge in [0.2, 0.25) is 5.88 Å². The van der Waals surface area contributed by atoms with Crippen LogP contribution in [0.3, 0.4) is 0 Å². The maximum Gasteiger partial charge on any atom is 0.325 e. The van der Waals surface area contributed by atoms with Crippen LogP contribution in [0.5, 0.6) is 17.6 Å². The lowest BCUT2D eigenvalue weighted by atomic mass is 10.00. The van der Waals surface area contributed by atoms with Crippen molar-refractivity contribution in [3.8, 4) is 40.0 Å². The molecule has 0 radical (unpaired) electrons. The van der Waals surface area contributed by atoms with E-state index in [-0.39, 0.29) is 17.6 Å². The van der Waals surface area contributed by atoms with E-state index >= 15 is 0 Å². The molecule has 0 atom stereocenters. The predicted molar refractivity (Wildman–Crippen MR) is 116 cm³/mol. The zero-order valence-corrected chi connectivity index (χ0v) is 17.9. The molecule has 0 unspecified atom stereocenters. The Bertz CT molecular complexity index is 1300. The van der Waals surface area contributed by atoms with Crippen LogP contribution in [-0.4, -0.2) is 17.1 Å². The minimum Gasteiger partial charge on any atom is -0.480 e. The highest BCUT2D eigenvalue weighted by Gasteiger charge is 2.22. The lowest BCUT2D eigenvalue weighted by Gasteiger charge is -2.16. The Labute approximate surface area is 191 Å². The number of benzene rings is 3. The van der Waals surface area contributed by atoms with Crippen molar-refractivity contribution in [3.63, 3.8) is 0 Å². The molecular weight excluding hydrogens is 464 g/mol. The first-order valence-corrected chi connectivity index (χ1v) is 9.91. The third kappa shape index (κ3) is 4.49. The number of ether oxygens (including phenoxy) is 2. The molecule has 0 aliphatic rings. The number of nitrogens with zero attached hydrogens (tertiary/aromatic N) is 2. The molecular formula is C23H13Cl2F3N2O2. The van der Waals surface area contributed by atoms with Crippen molar-refractivity contribution in [2.45, 2.75) is 0 Å². The Morgan fingerprint density at radius 3 is 2.22 bits per heavy atom. The number of hydrogen-bond donors (Lipinski definition) is 0. The van der Waals surface area contributed by atoms with Crippen LogP contribution in [0.25, 0.3) is 22.4 Å². The topological polar surface area (TPSA) is 44.2 Å². The SMILES string of the molecule is COc1nc(Oc2ccc(F)c(F)c2)nc(-c2ccc(Cl)cc2Cl)c1-c1ccc(F)cc1. The second kappa shape index (κ2) is 9.06. The summed E-state index contributed by atoms with van der Waals surface area (Å²) in [5.41, 5.74) is 1.77. The first kappa shape index (κ1) is 21.9. The van der Waals surface area contributed by atoms with E-state index in [2.05, 4.69) is 9.97 Å². The summed E-state index contributed by atoms with van der Waals surface area (Å²) >= 11 is 12.4. The first-order chi connectivity index (χ1) is 15.4. The molecule has 162 valence electrons. The van der Waals surface area contributed by atoms with E-state index in [1.165, 1.54) is 31.4 Å². The summed E-state index contributed by atoms with van der Waals surface area (Å²) in [6.45, 7) is 0. The summed E-state index contributed by atoms with van der Waals surface area (Å²) in [5, 5.41) is 0.710. The molecule has 3 aromatic carbocycles. The van der Waals surface area contributed by atoms with Crippen LogP contribution < -0.4 is 9.47 Å². The molecule has 1 aromatic heterocycles. The molecule has 0 aliphatic heterocycles. The maximum atomic E-state index is 13.6. The second-order valence-electron chi connectivity index (χ2n) is 6.55. The van der Waals surface area contributed by atoms with Crippen molar-refractivity contribution in [2.75, 3.05) is 7.11 Å². The maximum absolute atomic E-state index is 13.6. The molecule has 1 heterocycles. The van der Waals surface area contributed by atoms with Gasteiger partial charge < -0.3 is 9.47 Å². The Morgan fingerprint density at radius 2 is 1.56 bits per heavy atom. The summed E-state index contributed by atoms with van der Waals surface area (Å²) in [5.74, 6) is -2.44. The van der Waals surface area contributed by atoms with Gasteiger partial charge in [-0.15, -0.1) is 0 Å². The number of methoxy groups -OCH3 is 1. The Kier molecular flexibility index (Phi) is 6.21. The third-order valence-corrected chi connectivity index (χ3v) is 5.02. The molecule has 0 fully saturated rings. The lowest BCUT2D eigenvalue weighted by molar-refractivity contribution is 0.377. The zero-order valence-electron chi connectivity index (χ0n) is 16.4. The van der Waals surface area contributed by atoms with Gasteiger partial charge in [0.1, 0.15) is 11.6 Å². The van der Waals surface area contributed by atoms with Crippen LogP contribution in [0, 0.1) is 17.5 Å². The van der Waals surface area contributed by atoms with E-state index in [0.29, 0.717) is 32.4 Å². The molecule has 0 saturated carbocycles. The molecule has 0 aliphatic carbocycles. The highest BCUT2D eigenvalue weighted by Crippen LogP contribution is 2.41. The fourth-order valence-corrected chi connectivity index (χ4v) is 3.51. The Balaban J connectivity index is 1.92. The predicted octanol–water partition coefficient (Wildman–Crippen LogP) is 7.34. The first-order valence-electron chi connectivity index (χ1n) is 9.16. The van der Waals surface area contributed by atoms with Crippen molar-refractivity contribution in [1.29, 1.82) is 0 Å². The van der Waals surface area contributed by atoms with Crippen LogP contribution in [0.15, 0.2) is 60.7 Å². The van der Waals surface area contributed by atoms with Gasteiger partial charge in [-0.3, -0.25) is 0 Å². The Morgan fingerprint density at radius 1 is 0.812 bits per heavy atom. The largest absolute Gasteiger partial charge is 0.480 e. The van der Waals surface area contributed by atoms with Gasteiger partial charge in [-0.2, -0.15) is 9.97 Å². The normalized spacial score (nSPS) is 10.8. The molecule has 9 heteroatoms. The fourth-order valence-electron chi connectivity index (χ4n) is 3.01. The third-order valence-electron chi connectivity index (χ3n) is 4.47. The van der Waals surface area contributed by atoms with Gasteiger partial charge >= 0.3 is 6.01 Å². The zero-order chi connectivity index (χ0) is 22.8. The van der Waals surface area contributed by atoms with Gasteiger partial charge in [0.05, 0.1) is 23.4 Å². The standard InChI is InChI=1S/C23H13Cl2F3N2O2/c1-31-22-20(12-2-5-14(26)6-3-12)21(16-8-4-13(24)10-17(16)25)29-23(30-22)32-15-7-9-18(27)19(28)11-15/h2-11H,1H3. The van der Waals surface area contributed by atoms with E-state index < -0.39 is 17.5 Å². The second-order valence-corrected chi connectivity index (χ2v) is 7.39. The van der Waals surface area contributed by atoms with Crippen LogP contribution in [0.2, 0.25) is 10.0 Å². The van der Waals surface area contributed by atoms with Gasteiger partial charge in [-0.25, -0.2) is 13.2 Å². The van der Waals surface area contributed by atoms with E-state index in [0.717, 1.165) is 12.1 Å². The minimum absolute atomic E-state index is 0.0198. The number of rotatable bonds is 5. The molecule has 0 bridgehead atoms. The summed E-state index contributed by atoms with van der Waals surface area (Å²) in [4.78, 5) is 8.67. The lowest BCUT2D eigenvalue weighted by Crippen LogP contribution is -2.02. The van der Waals surface area contributed by atoms with Crippen molar-refractivity contribution in [2.24, 2.45) is 0 Å². The number of halogens is 5. The molecule has 4 rings (SSSR count). The van der Waals surface area contributed by atoms with Gasteiger partial charge in [0.15, 0.2) is 11.6 Å². The van der Waals surface area contributed by atoms with Crippen molar-refractivity contribution < 1.29 is 22.6 Å². The van der Waals surface area contributed by atoms with Gasteiger partial charge in [-0.1, -0.05) is 35.3 Å². The number of hydrogen-bond acceptors (Lipinski definition) is 4. The molecule has 32 heavy (non-hydrogen) atoms. The van der Waals surface area contributed by atoms with Crippen LogP contribution in [-0.2, 0) is 0 Å². The fraction of sp³-hybridized carbons (Fsp3) is 0.0435. The monoisotopic (exact) mass is 476 g/mol. The van der Waals surface area contributed by atoms with E-state index in [4.69, 9.17) is 32.7 Å². The van der Waals surface area contributed by atoms with Gasteiger partial charge in [0.25, 0.3) is 0 Å². The molecule has 0 amide bonds. The average molecular weight is 477 g/mol. The summed E-state index contributed by atoms with van der Waals surface area (Å²) in [6.07, 6.45) is 0. The molecule has 4 nitrogen and oxygen atoms in total. The smallest absolute Gasteiger partial charge is 0.325 e. The summed E-state index contributed by atoms with van der Waals surface area (Å²) < 4.78 is 51.4. The highest BCUT2D eigenvalue weighted by molar-refractivity contribution is 6.36. The van der Waals surface area contributed by atoms with Crippen molar-refractivity contribution >= 4 is 23.2 Å². The molecule has 0 N–H and O–H groups in total. The van der Waals surface area contributed by atoms with E-state index in [9.17, 15) is 13.2 Å². The highest BCUT2D eigenvalue weighted by atomic mass is 35.5. The van der Waals surface area contributed by atoms with Gasteiger partial charge in [0, 0.05) is 16.7 Å². The van der Waals surface area contributed by atoms with Crippen LogP contribution in [0.1, 0.15) is 0 Å². The van der Waals surface area contributed by atoms with E-state index in [1.54, 1.807) is 24.3 Å². The molecule has 4 aromatic rings. The summed E-state index contributed by atoms with van der Waals surface area (Å²) in [6, 6.07) is 13.3. The van der Waals surface area contributed by atoms with E-state index in [1.807, 2.05) is 0 Å². The van der Waals surface area contributed by atoms with Crippen LogP contribution in [0.4, 0.5) is 13.2 Å². The summed E-state index contributed by atoms with van der Waals surface area (Å²) in [7, 11) is 1.39. The molecule has 0 spiro atoms.